The summed E-state index contributed by atoms with van der Waals surface area (Å²) in [5, 5.41) is 0. The monoisotopic (exact) mass is 314 g/mol. The molecular weight excluding hydrogens is 292 g/mol. The van der Waals surface area contributed by atoms with Crippen LogP contribution in [0.1, 0.15) is 32.1 Å². The standard InChI is InChI=1S/C14H22N2O4S/c17-13-4-7-15(9-11-5-8-21(19,20)10-11)14(18)12-3-1-2-6-16(12)13/h11-12H,1-10H2. The van der Waals surface area contributed by atoms with Crippen LogP contribution in [0.15, 0.2) is 0 Å². The average molecular weight is 314 g/mol. The Labute approximate surface area is 125 Å². The Morgan fingerprint density at radius 3 is 2.62 bits per heavy atom. The number of hydrogen-bond acceptors (Lipinski definition) is 4. The zero-order valence-corrected chi connectivity index (χ0v) is 13.0. The number of carbonyl (C=O) groups excluding carboxylic acids is 2. The number of fused-ring (bicyclic) bond motifs is 1. The van der Waals surface area contributed by atoms with Crippen molar-refractivity contribution >= 4 is 21.7 Å². The molecule has 3 aliphatic heterocycles. The lowest BCUT2D eigenvalue weighted by atomic mass is 10.0. The lowest BCUT2D eigenvalue weighted by molar-refractivity contribution is -0.143. The van der Waals surface area contributed by atoms with Gasteiger partial charge in [0.1, 0.15) is 6.04 Å². The first-order valence-corrected chi connectivity index (χ1v) is 9.57. The van der Waals surface area contributed by atoms with E-state index in [4.69, 9.17) is 0 Å². The van der Waals surface area contributed by atoms with Crippen LogP contribution in [0.25, 0.3) is 0 Å². The summed E-state index contributed by atoms with van der Waals surface area (Å²) < 4.78 is 23.1. The van der Waals surface area contributed by atoms with E-state index < -0.39 is 9.84 Å². The second-order valence-corrected chi connectivity index (χ2v) is 8.63. The van der Waals surface area contributed by atoms with E-state index in [1.54, 1.807) is 9.80 Å². The molecule has 2 atom stereocenters. The van der Waals surface area contributed by atoms with E-state index in [-0.39, 0.29) is 35.3 Å². The fourth-order valence-electron chi connectivity index (χ4n) is 3.69. The second kappa shape index (κ2) is 5.59. The highest BCUT2D eigenvalue weighted by molar-refractivity contribution is 7.91. The molecule has 3 fully saturated rings. The van der Waals surface area contributed by atoms with Crippen molar-refractivity contribution < 1.29 is 18.0 Å². The van der Waals surface area contributed by atoms with Gasteiger partial charge in [0.25, 0.3) is 0 Å². The molecule has 21 heavy (non-hydrogen) atoms. The quantitative estimate of drug-likeness (QED) is 0.721. The Kier molecular flexibility index (Phi) is 3.94. The van der Waals surface area contributed by atoms with Crippen molar-refractivity contribution in [3.8, 4) is 0 Å². The van der Waals surface area contributed by atoms with Crippen LogP contribution in [-0.4, -0.2) is 67.2 Å². The van der Waals surface area contributed by atoms with Gasteiger partial charge in [0, 0.05) is 26.1 Å². The molecule has 2 unspecified atom stereocenters. The lowest BCUT2D eigenvalue weighted by Crippen LogP contribution is -2.50. The first-order valence-electron chi connectivity index (χ1n) is 7.75. The van der Waals surface area contributed by atoms with E-state index >= 15 is 0 Å². The molecular formula is C14H22N2O4S. The highest BCUT2D eigenvalue weighted by Crippen LogP contribution is 2.25. The molecule has 0 bridgehead atoms. The van der Waals surface area contributed by atoms with Gasteiger partial charge < -0.3 is 9.80 Å². The van der Waals surface area contributed by atoms with Gasteiger partial charge in [0.2, 0.25) is 11.8 Å². The second-order valence-electron chi connectivity index (χ2n) is 6.40. The maximum atomic E-state index is 12.7. The molecule has 3 aliphatic rings. The van der Waals surface area contributed by atoms with Gasteiger partial charge in [-0.1, -0.05) is 0 Å². The van der Waals surface area contributed by atoms with Gasteiger partial charge in [0.15, 0.2) is 9.84 Å². The molecule has 0 aromatic rings. The van der Waals surface area contributed by atoms with Gasteiger partial charge in [-0.2, -0.15) is 0 Å². The summed E-state index contributed by atoms with van der Waals surface area (Å²) in [6.07, 6.45) is 3.68. The minimum Gasteiger partial charge on any atom is -0.340 e. The molecule has 3 rings (SSSR count). The number of amides is 2. The van der Waals surface area contributed by atoms with Crippen LogP contribution < -0.4 is 0 Å². The maximum absolute atomic E-state index is 12.7. The largest absolute Gasteiger partial charge is 0.340 e. The molecule has 0 aromatic carbocycles. The van der Waals surface area contributed by atoms with Crippen LogP contribution in [-0.2, 0) is 19.4 Å². The molecule has 6 nitrogen and oxygen atoms in total. The van der Waals surface area contributed by atoms with Gasteiger partial charge in [-0.15, -0.1) is 0 Å². The molecule has 2 amide bonds. The topological polar surface area (TPSA) is 74.8 Å². The molecule has 118 valence electrons. The van der Waals surface area contributed by atoms with E-state index in [0.717, 1.165) is 19.3 Å². The van der Waals surface area contributed by atoms with Crippen molar-refractivity contribution in [2.75, 3.05) is 31.1 Å². The van der Waals surface area contributed by atoms with Crippen molar-refractivity contribution in [2.45, 2.75) is 38.1 Å². The zero-order chi connectivity index (χ0) is 15.0. The first kappa shape index (κ1) is 14.8. The fourth-order valence-corrected chi connectivity index (χ4v) is 5.54. The minimum absolute atomic E-state index is 0.0184. The molecule has 0 radical (unpaired) electrons. The van der Waals surface area contributed by atoms with Gasteiger partial charge in [0.05, 0.1) is 11.5 Å². The SMILES string of the molecule is O=C1C2CCCCN2C(=O)CCN1CC1CCS(=O)(=O)C1. The van der Waals surface area contributed by atoms with E-state index in [1.165, 1.54) is 0 Å². The summed E-state index contributed by atoms with van der Waals surface area (Å²) in [5.74, 6) is 0.524. The Hall–Kier alpha value is -1.11. The molecule has 3 heterocycles. The molecule has 0 N–H and O–H groups in total. The van der Waals surface area contributed by atoms with Crippen molar-refractivity contribution in [3.63, 3.8) is 0 Å². The number of sulfone groups is 1. The highest BCUT2D eigenvalue weighted by Gasteiger charge is 2.39. The van der Waals surface area contributed by atoms with Crippen LogP contribution >= 0.6 is 0 Å². The van der Waals surface area contributed by atoms with Crippen molar-refractivity contribution in [2.24, 2.45) is 5.92 Å². The Bertz CT molecular complexity index is 545. The average Bonchev–Trinajstić information content (AvgIpc) is 2.75. The number of rotatable bonds is 2. The smallest absolute Gasteiger partial charge is 0.245 e. The normalized spacial score (nSPS) is 33.0. The van der Waals surface area contributed by atoms with E-state index in [2.05, 4.69) is 0 Å². The van der Waals surface area contributed by atoms with Crippen LogP contribution in [0.3, 0.4) is 0 Å². The Morgan fingerprint density at radius 1 is 1.10 bits per heavy atom. The predicted octanol–water partition coefficient (Wildman–Crippen LogP) is 0.0345. The van der Waals surface area contributed by atoms with Gasteiger partial charge >= 0.3 is 0 Å². The number of carbonyl (C=O) groups is 2. The Morgan fingerprint density at radius 2 is 1.90 bits per heavy atom. The summed E-state index contributed by atoms with van der Waals surface area (Å²) in [6.45, 7) is 1.60. The molecule has 0 aliphatic carbocycles. The molecule has 0 aromatic heterocycles. The number of piperidine rings is 1. The van der Waals surface area contributed by atoms with Crippen molar-refractivity contribution in [3.05, 3.63) is 0 Å². The van der Waals surface area contributed by atoms with Crippen LogP contribution in [0, 0.1) is 5.92 Å². The lowest BCUT2D eigenvalue weighted by Gasteiger charge is -2.34. The van der Waals surface area contributed by atoms with E-state index in [9.17, 15) is 18.0 Å². The molecule has 0 spiro atoms. The third-order valence-corrected chi connectivity index (χ3v) is 6.66. The third-order valence-electron chi connectivity index (χ3n) is 4.82. The number of hydrogen-bond donors (Lipinski definition) is 0. The maximum Gasteiger partial charge on any atom is 0.245 e. The third kappa shape index (κ3) is 3.07. The molecule has 7 heteroatoms. The van der Waals surface area contributed by atoms with Crippen molar-refractivity contribution in [1.29, 1.82) is 0 Å². The summed E-state index contributed by atoms with van der Waals surface area (Å²) >= 11 is 0. The van der Waals surface area contributed by atoms with E-state index in [1.807, 2.05) is 0 Å². The fraction of sp³-hybridized carbons (Fsp3) is 0.857. The van der Waals surface area contributed by atoms with Crippen LogP contribution in [0.2, 0.25) is 0 Å². The summed E-state index contributed by atoms with van der Waals surface area (Å²) in [4.78, 5) is 28.3. The summed E-state index contributed by atoms with van der Waals surface area (Å²) in [5.41, 5.74) is 0. The highest BCUT2D eigenvalue weighted by atomic mass is 32.2. The van der Waals surface area contributed by atoms with Crippen LogP contribution in [0.4, 0.5) is 0 Å². The first-order chi connectivity index (χ1) is 9.96. The van der Waals surface area contributed by atoms with E-state index in [0.29, 0.717) is 32.5 Å². The summed E-state index contributed by atoms with van der Waals surface area (Å²) in [7, 11) is -2.92. The number of nitrogens with zero attached hydrogens (tertiary/aromatic N) is 2. The Balaban J connectivity index is 1.71. The van der Waals surface area contributed by atoms with Gasteiger partial charge in [-0.25, -0.2) is 8.42 Å². The minimum atomic E-state index is -2.92. The molecule has 3 saturated heterocycles. The van der Waals surface area contributed by atoms with Gasteiger partial charge in [-0.05, 0) is 31.6 Å². The van der Waals surface area contributed by atoms with Crippen LogP contribution in [0.5, 0.6) is 0 Å². The zero-order valence-electron chi connectivity index (χ0n) is 12.2. The van der Waals surface area contributed by atoms with Crippen molar-refractivity contribution in [1.82, 2.24) is 9.80 Å². The van der Waals surface area contributed by atoms with Gasteiger partial charge in [-0.3, -0.25) is 9.59 Å². The molecule has 0 saturated carbocycles. The predicted molar refractivity (Wildman–Crippen MR) is 77.3 cm³/mol. The summed E-state index contributed by atoms with van der Waals surface area (Å²) in [6, 6.07) is -0.313.